The van der Waals surface area contributed by atoms with Gasteiger partial charge in [0.15, 0.2) is 11.5 Å². The van der Waals surface area contributed by atoms with E-state index in [1.165, 1.54) is 13.8 Å². The van der Waals surface area contributed by atoms with Crippen molar-refractivity contribution in [2.75, 3.05) is 0 Å². The SMILES string of the molecule is C=CC(=O)OC1Cc2ccc(-c3ccc(OC(=O)C(=C)C)c(OC(=O)C(=C)C)c3)cc2C1. The summed E-state index contributed by atoms with van der Waals surface area (Å²) in [5.74, 6) is -1.48. The monoisotopic (exact) mass is 432 g/mol. The fourth-order valence-electron chi connectivity index (χ4n) is 3.28. The van der Waals surface area contributed by atoms with E-state index >= 15 is 0 Å². The smallest absolute Gasteiger partial charge is 0.338 e. The number of hydrogen-bond acceptors (Lipinski definition) is 6. The van der Waals surface area contributed by atoms with Gasteiger partial charge in [-0.1, -0.05) is 44.0 Å². The molecule has 0 aliphatic heterocycles. The molecule has 1 unspecified atom stereocenters. The largest absolute Gasteiger partial charge is 0.459 e. The van der Waals surface area contributed by atoms with Crippen LogP contribution in [0.25, 0.3) is 11.1 Å². The Labute approximate surface area is 186 Å². The molecular weight excluding hydrogens is 408 g/mol. The van der Waals surface area contributed by atoms with E-state index in [2.05, 4.69) is 19.7 Å². The van der Waals surface area contributed by atoms with Crippen molar-refractivity contribution < 1.29 is 28.6 Å². The third-order valence-electron chi connectivity index (χ3n) is 4.93. The highest BCUT2D eigenvalue weighted by Crippen LogP contribution is 2.36. The van der Waals surface area contributed by atoms with E-state index in [0.717, 1.165) is 28.3 Å². The van der Waals surface area contributed by atoms with Gasteiger partial charge in [0.25, 0.3) is 0 Å². The van der Waals surface area contributed by atoms with Crippen LogP contribution in [0.3, 0.4) is 0 Å². The van der Waals surface area contributed by atoms with Gasteiger partial charge < -0.3 is 14.2 Å². The van der Waals surface area contributed by atoms with Gasteiger partial charge in [-0.25, -0.2) is 14.4 Å². The average molecular weight is 432 g/mol. The maximum atomic E-state index is 12.1. The number of esters is 3. The third-order valence-corrected chi connectivity index (χ3v) is 4.93. The molecule has 32 heavy (non-hydrogen) atoms. The van der Waals surface area contributed by atoms with Crippen molar-refractivity contribution in [3.05, 3.63) is 84.5 Å². The number of rotatable bonds is 7. The topological polar surface area (TPSA) is 78.9 Å². The van der Waals surface area contributed by atoms with Gasteiger partial charge in [0.05, 0.1) is 0 Å². The number of carbonyl (C=O) groups excluding carboxylic acids is 3. The molecule has 0 heterocycles. The zero-order valence-corrected chi connectivity index (χ0v) is 18.1. The van der Waals surface area contributed by atoms with Gasteiger partial charge in [-0.05, 0) is 48.2 Å². The van der Waals surface area contributed by atoms with Crippen LogP contribution in [0.4, 0.5) is 0 Å². The van der Waals surface area contributed by atoms with Crippen LogP contribution in [0, 0.1) is 0 Å². The second kappa shape index (κ2) is 9.47. The zero-order valence-electron chi connectivity index (χ0n) is 18.1. The second-order valence-corrected chi connectivity index (χ2v) is 7.66. The summed E-state index contributed by atoms with van der Waals surface area (Å²) < 4.78 is 16.1. The van der Waals surface area contributed by atoms with Crippen LogP contribution in [0.15, 0.2) is 73.4 Å². The molecular formula is C26H24O6. The van der Waals surface area contributed by atoms with Crippen LogP contribution >= 0.6 is 0 Å². The number of fused-ring (bicyclic) bond motifs is 1. The van der Waals surface area contributed by atoms with Crippen LogP contribution < -0.4 is 9.47 Å². The van der Waals surface area contributed by atoms with Gasteiger partial charge >= 0.3 is 17.9 Å². The lowest BCUT2D eigenvalue weighted by Crippen LogP contribution is -2.16. The Bertz CT molecular complexity index is 1140. The molecule has 0 spiro atoms. The fraction of sp³-hybridized carbons (Fsp3) is 0.192. The van der Waals surface area contributed by atoms with E-state index in [0.29, 0.717) is 12.8 Å². The molecule has 3 rings (SSSR count). The first-order valence-electron chi connectivity index (χ1n) is 10.0. The minimum Gasteiger partial charge on any atom is -0.459 e. The number of carbonyl (C=O) groups is 3. The number of benzene rings is 2. The molecule has 0 aromatic heterocycles. The van der Waals surface area contributed by atoms with Gasteiger partial charge in [-0.15, -0.1) is 0 Å². The molecule has 0 amide bonds. The van der Waals surface area contributed by atoms with E-state index in [-0.39, 0.29) is 28.7 Å². The van der Waals surface area contributed by atoms with E-state index in [4.69, 9.17) is 14.2 Å². The summed E-state index contributed by atoms with van der Waals surface area (Å²) in [5, 5.41) is 0. The molecule has 1 aliphatic rings. The van der Waals surface area contributed by atoms with Crippen LogP contribution in [0.5, 0.6) is 11.5 Å². The predicted octanol–water partition coefficient (Wildman–Crippen LogP) is 4.51. The predicted molar refractivity (Wildman–Crippen MR) is 120 cm³/mol. The Balaban J connectivity index is 1.91. The first-order chi connectivity index (χ1) is 15.2. The maximum absolute atomic E-state index is 12.1. The molecule has 0 fully saturated rings. The molecule has 0 N–H and O–H groups in total. The van der Waals surface area contributed by atoms with Crippen LogP contribution in [-0.4, -0.2) is 24.0 Å². The average Bonchev–Trinajstić information content (AvgIpc) is 3.15. The van der Waals surface area contributed by atoms with E-state index < -0.39 is 17.9 Å². The lowest BCUT2D eigenvalue weighted by molar-refractivity contribution is -0.142. The van der Waals surface area contributed by atoms with Gasteiger partial charge in [0.1, 0.15) is 6.10 Å². The summed E-state index contributed by atoms with van der Waals surface area (Å²) in [5.41, 5.74) is 4.25. The lowest BCUT2D eigenvalue weighted by Gasteiger charge is -2.13. The van der Waals surface area contributed by atoms with Crippen molar-refractivity contribution in [2.24, 2.45) is 0 Å². The molecule has 6 nitrogen and oxygen atoms in total. The van der Waals surface area contributed by atoms with Crippen molar-refractivity contribution >= 4 is 17.9 Å². The minimum atomic E-state index is -0.629. The summed E-state index contributed by atoms with van der Waals surface area (Å²) in [6.07, 6.45) is 2.19. The molecule has 2 aromatic carbocycles. The van der Waals surface area contributed by atoms with Gasteiger partial charge in [-0.3, -0.25) is 0 Å². The van der Waals surface area contributed by atoms with Crippen LogP contribution in [-0.2, 0) is 32.0 Å². The zero-order chi connectivity index (χ0) is 23.4. The molecule has 6 heteroatoms. The maximum Gasteiger partial charge on any atom is 0.338 e. The van der Waals surface area contributed by atoms with Gasteiger partial charge in [0.2, 0.25) is 0 Å². The van der Waals surface area contributed by atoms with E-state index in [9.17, 15) is 14.4 Å². The summed E-state index contributed by atoms with van der Waals surface area (Å²) >= 11 is 0. The highest BCUT2D eigenvalue weighted by Gasteiger charge is 2.24. The lowest BCUT2D eigenvalue weighted by atomic mass is 10.00. The molecule has 2 aromatic rings. The molecule has 1 aliphatic carbocycles. The third kappa shape index (κ3) is 5.21. The standard InChI is InChI=1S/C26H24O6/c1-6-24(27)30-21-12-18-8-7-17(11-20(18)13-21)19-9-10-22(31-25(28)15(2)3)23(14-19)32-26(29)16(4)5/h6-11,14,21H,1-2,4,12-13H2,3,5H3. The Kier molecular flexibility index (Phi) is 6.73. The molecule has 1 atom stereocenters. The van der Waals surface area contributed by atoms with Crippen LogP contribution in [0.1, 0.15) is 25.0 Å². The molecule has 0 radical (unpaired) electrons. The van der Waals surface area contributed by atoms with Gasteiger partial charge in [0, 0.05) is 30.1 Å². The number of hydrogen-bond donors (Lipinski definition) is 0. The molecule has 0 saturated heterocycles. The summed E-state index contributed by atoms with van der Waals surface area (Å²) in [6.45, 7) is 13.6. The summed E-state index contributed by atoms with van der Waals surface area (Å²) in [6, 6.07) is 10.9. The Morgan fingerprint density at radius 3 is 2.03 bits per heavy atom. The highest BCUT2D eigenvalue weighted by molar-refractivity contribution is 5.91. The van der Waals surface area contributed by atoms with Gasteiger partial charge in [-0.2, -0.15) is 0 Å². The number of ether oxygens (including phenoxy) is 3. The van der Waals surface area contributed by atoms with E-state index in [1.807, 2.05) is 18.2 Å². The van der Waals surface area contributed by atoms with Crippen molar-refractivity contribution in [1.82, 2.24) is 0 Å². The highest BCUT2D eigenvalue weighted by atomic mass is 16.6. The Morgan fingerprint density at radius 2 is 1.41 bits per heavy atom. The summed E-state index contributed by atoms with van der Waals surface area (Å²) in [4.78, 5) is 35.6. The second-order valence-electron chi connectivity index (χ2n) is 7.66. The van der Waals surface area contributed by atoms with Crippen molar-refractivity contribution in [3.63, 3.8) is 0 Å². The quantitative estimate of drug-likeness (QED) is 0.364. The fourth-order valence-corrected chi connectivity index (χ4v) is 3.28. The molecule has 0 bridgehead atoms. The van der Waals surface area contributed by atoms with Crippen molar-refractivity contribution in [1.29, 1.82) is 0 Å². The molecule has 164 valence electrons. The first-order valence-corrected chi connectivity index (χ1v) is 10.0. The van der Waals surface area contributed by atoms with E-state index in [1.54, 1.807) is 18.2 Å². The Hall–Kier alpha value is -3.93. The first kappa shape index (κ1) is 22.7. The normalized spacial score (nSPS) is 14.1. The van der Waals surface area contributed by atoms with Crippen molar-refractivity contribution in [2.45, 2.75) is 32.8 Å². The van der Waals surface area contributed by atoms with Crippen LogP contribution in [0.2, 0.25) is 0 Å². The summed E-state index contributed by atoms with van der Waals surface area (Å²) in [7, 11) is 0. The van der Waals surface area contributed by atoms with Crippen molar-refractivity contribution in [3.8, 4) is 22.6 Å². The Morgan fingerprint density at radius 1 is 0.844 bits per heavy atom. The minimum absolute atomic E-state index is 0.100. The molecule has 0 saturated carbocycles.